The summed E-state index contributed by atoms with van der Waals surface area (Å²) in [5.41, 5.74) is 3.13. The van der Waals surface area contributed by atoms with Crippen LogP contribution in [0, 0.1) is 0 Å². The van der Waals surface area contributed by atoms with Gasteiger partial charge in [0.15, 0.2) is 6.79 Å². The van der Waals surface area contributed by atoms with Gasteiger partial charge in [-0.05, 0) is 30.7 Å². The van der Waals surface area contributed by atoms with Crippen molar-refractivity contribution in [3.63, 3.8) is 0 Å². The van der Waals surface area contributed by atoms with Crippen LogP contribution in [0.1, 0.15) is 17.5 Å². The van der Waals surface area contributed by atoms with Crippen LogP contribution in [-0.2, 0) is 17.9 Å². The molecule has 4 nitrogen and oxygen atoms in total. The number of aliphatic hydroxyl groups is 1. The van der Waals surface area contributed by atoms with Gasteiger partial charge in [0.1, 0.15) is 5.75 Å². The molecule has 5 heteroatoms. The van der Waals surface area contributed by atoms with Crippen LogP contribution in [0.25, 0.3) is 0 Å². The molecule has 1 N–H and O–H groups in total. The number of para-hydroxylation sites is 1. The van der Waals surface area contributed by atoms with Crippen molar-refractivity contribution in [3.8, 4) is 5.75 Å². The standard InChI is InChI=1S/C18H20ClNO3/c19-16-9-14(18-15(10-16)12-22-13-23-18)11-20(7-4-8-21)17-5-2-1-3-6-17/h1-3,5-6,9-10,21H,4,7-8,11-13H2. The Bertz CT molecular complexity index is 648. The van der Waals surface area contributed by atoms with Crippen molar-refractivity contribution >= 4 is 17.3 Å². The molecular weight excluding hydrogens is 314 g/mol. The van der Waals surface area contributed by atoms with E-state index in [9.17, 15) is 5.11 Å². The lowest BCUT2D eigenvalue weighted by molar-refractivity contribution is -0.0170. The van der Waals surface area contributed by atoms with Crippen molar-refractivity contribution in [2.24, 2.45) is 0 Å². The number of nitrogens with zero attached hydrogens (tertiary/aromatic N) is 1. The fraction of sp³-hybridized carbons (Fsp3) is 0.333. The average molecular weight is 334 g/mol. The Labute approximate surface area is 141 Å². The number of rotatable bonds is 6. The molecule has 0 saturated carbocycles. The molecule has 0 spiro atoms. The number of benzene rings is 2. The van der Waals surface area contributed by atoms with Crippen LogP contribution in [0.15, 0.2) is 42.5 Å². The molecule has 0 radical (unpaired) electrons. The quantitative estimate of drug-likeness (QED) is 0.877. The minimum absolute atomic E-state index is 0.168. The lowest BCUT2D eigenvalue weighted by Gasteiger charge is -2.28. The molecule has 0 amide bonds. The Morgan fingerprint density at radius 1 is 1.17 bits per heavy atom. The number of halogens is 1. The van der Waals surface area contributed by atoms with Crippen LogP contribution in [0.4, 0.5) is 5.69 Å². The first-order valence-corrected chi connectivity index (χ1v) is 8.08. The predicted octanol–water partition coefficient (Wildman–Crippen LogP) is 3.60. The number of hydrogen-bond donors (Lipinski definition) is 1. The number of fused-ring (bicyclic) bond motifs is 1. The molecule has 1 aliphatic heterocycles. The second-order valence-corrected chi connectivity index (χ2v) is 5.93. The number of ether oxygens (including phenoxy) is 2. The minimum atomic E-state index is 0.168. The first-order chi connectivity index (χ1) is 11.3. The molecule has 1 aliphatic rings. The van der Waals surface area contributed by atoms with Crippen LogP contribution in [0.3, 0.4) is 0 Å². The summed E-state index contributed by atoms with van der Waals surface area (Å²) in [6, 6.07) is 14.0. The molecule has 0 saturated heterocycles. The fourth-order valence-corrected chi connectivity index (χ4v) is 3.04. The van der Waals surface area contributed by atoms with Gasteiger partial charge in [-0.15, -0.1) is 0 Å². The smallest absolute Gasteiger partial charge is 0.189 e. The van der Waals surface area contributed by atoms with E-state index in [0.717, 1.165) is 29.1 Å². The largest absolute Gasteiger partial charge is 0.467 e. The van der Waals surface area contributed by atoms with Gasteiger partial charge < -0.3 is 19.5 Å². The monoisotopic (exact) mass is 333 g/mol. The summed E-state index contributed by atoms with van der Waals surface area (Å²) in [6.07, 6.45) is 0.710. The molecule has 0 aromatic heterocycles. The summed E-state index contributed by atoms with van der Waals surface area (Å²) in [4.78, 5) is 2.22. The third kappa shape index (κ3) is 3.96. The molecule has 3 rings (SSSR count). The summed E-state index contributed by atoms with van der Waals surface area (Å²) in [5.74, 6) is 0.866. The maximum atomic E-state index is 9.18. The van der Waals surface area contributed by atoms with E-state index in [4.69, 9.17) is 21.1 Å². The van der Waals surface area contributed by atoms with Crippen molar-refractivity contribution in [1.82, 2.24) is 0 Å². The van der Waals surface area contributed by atoms with E-state index < -0.39 is 0 Å². The van der Waals surface area contributed by atoms with Crippen LogP contribution in [0.5, 0.6) is 5.75 Å². The van der Waals surface area contributed by atoms with Gasteiger partial charge in [0.05, 0.1) is 6.61 Å². The van der Waals surface area contributed by atoms with Crippen molar-refractivity contribution in [1.29, 1.82) is 0 Å². The third-order valence-corrected chi connectivity index (χ3v) is 4.04. The predicted molar refractivity (Wildman–Crippen MR) is 90.9 cm³/mol. The Morgan fingerprint density at radius 2 is 2.00 bits per heavy atom. The van der Waals surface area contributed by atoms with E-state index in [1.807, 2.05) is 30.3 Å². The van der Waals surface area contributed by atoms with Crippen molar-refractivity contribution in [3.05, 3.63) is 58.6 Å². The topological polar surface area (TPSA) is 41.9 Å². The highest BCUT2D eigenvalue weighted by atomic mass is 35.5. The average Bonchev–Trinajstić information content (AvgIpc) is 2.59. The third-order valence-electron chi connectivity index (χ3n) is 3.82. The Balaban J connectivity index is 1.89. The minimum Gasteiger partial charge on any atom is -0.467 e. The lowest BCUT2D eigenvalue weighted by Crippen LogP contribution is -2.25. The van der Waals surface area contributed by atoms with Crippen LogP contribution < -0.4 is 9.64 Å². The summed E-state index contributed by atoms with van der Waals surface area (Å²) in [5, 5.41) is 9.86. The molecule has 0 fully saturated rings. The van der Waals surface area contributed by atoms with Gasteiger partial charge in [-0.25, -0.2) is 0 Å². The number of aliphatic hydroxyl groups excluding tert-OH is 1. The zero-order valence-electron chi connectivity index (χ0n) is 12.9. The second-order valence-electron chi connectivity index (χ2n) is 5.50. The number of anilines is 1. The van der Waals surface area contributed by atoms with Crippen molar-refractivity contribution < 1.29 is 14.6 Å². The summed E-state index contributed by atoms with van der Waals surface area (Å²) in [6.45, 7) is 2.39. The molecule has 2 aromatic rings. The summed E-state index contributed by atoms with van der Waals surface area (Å²) in [7, 11) is 0. The van der Waals surface area contributed by atoms with Gasteiger partial charge in [0.25, 0.3) is 0 Å². The molecule has 1 heterocycles. The SMILES string of the molecule is OCCCN(Cc1cc(Cl)cc2c1OCOC2)c1ccccc1. The van der Waals surface area contributed by atoms with Crippen molar-refractivity contribution in [2.45, 2.75) is 19.6 Å². The molecule has 0 aliphatic carbocycles. The van der Waals surface area contributed by atoms with E-state index in [1.54, 1.807) is 0 Å². The van der Waals surface area contributed by atoms with Crippen LogP contribution in [-0.4, -0.2) is 25.1 Å². The van der Waals surface area contributed by atoms with Gasteiger partial charge in [-0.3, -0.25) is 0 Å². The van der Waals surface area contributed by atoms with Crippen LogP contribution >= 0.6 is 11.6 Å². The van der Waals surface area contributed by atoms with Gasteiger partial charge in [0, 0.05) is 41.5 Å². The highest BCUT2D eigenvalue weighted by molar-refractivity contribution is 6.30. The summed E-state index contributed by atoms with van der Waals surface area (Å²) >= 11 is 6.25. The lowest BCUT2D eigenvalue weighted by atomic mass is 10.1. The maximum Gasteiger partial charge on any atom is 0.189 e. The molecular formula is C18H20ClNO3. The van der Waals surface area contributed by atoms with E-state index >= 15 is 0 Å². The van der Waals surface area contributed by atoms with Gasteiger partial charge in [-0.1, -0.05) is 29.8 Å². The molecule has 0 bridgehead atoms. The van der Waals surface area contributed by atoms with Crippen LogP contribution in [0.2, 0.25) is 5.02 Å². The molecule has 122 valence electrons. The molecule has 23 heavy (non-hydrogen) atoms. The maximum absolute atomic E-state index is 9.18. The molecule has 0 unspecified atom stereocenters. The van der Waals surface area contributed by atoms with E-state index in [1.165, 1.54) is 0 Å². The first kappa shape index (κ1) is 16.1. The van der Waals surface area contributed by atoms with E-state index in [0.29, 0.717) is 24.6 Å². The Hall–Kier alpha value is -1.75. The highest BCUT2D eigenvalue weighted by Gasteiger charge is 2.18. The van der Waals surface area contributed by atoms with E-state index in [-0.39, 0.29) is 13.4 Å². The summed E-state index contributed by atoms with van der Waals surface area (Å²) < 4.78 is 11.0. The number of hydrogen-bond acceptors (Lipinski definition) is 4. The zero-order chi connectivity index (χ0) is 16.1. The first-order valence-electron chi connectivity index (χ1n) is 7.70. The molecule has 0 atom stereocenters. The van der Waals surface area contributed by atoms with E-state index in [2.05, 4.69) is 17.0 Å². The second kappa shape index (κ2) is 7.68. The fourth-order valence-electron chi connectivity index (χ4n) is 2.78. The van der Waals surface area contributed by atoms with Gasteiger partial charge in [0.2, 0.25) is 0 Å². The highest BCUT2D eigenvalue weighted by Crippen LogP contribution is 2.33. The van der Waals surface area contributed by atoms with Crippen molar-refractivity contribution in [2.75, 3.05) is 24.8 Å². The Kier molecular flexibility index (Phi) is 5.39. The van der Waals surface area contributed by atoms with Gasteiger partial charge in [-0.2, -0.15) is 0 Å². The zero-order valence-corrected chi connectivity index (χ0v) is 13.6. The molecule has 2 aromatic carbocycles. The normalized spacial score (nSPS) is 13.3. The Morgan fingerprint density at radius 3 is 2.78 bits per heavy atom. The van der Waals surface area contributed by atoms with Gasteiger partial charge >= 0.3 is 0 Å².